The first-order chi connectivity index (χ1) is 10.1. The van der Waals surface area contributed by atoms with Crippen LogP contribution in [0.5, 0.6) is 0 Å². The van der Waals surface area contributed by atoms with Gasteiger partial charge in [0, 0.05) is 18.3 Å². The molecule has 21 heavy (non-hydrogen) atoms. The maximum Gasteiger partial charge on any atom is 0.263 e. The number of furan rings is 1. The van der Waals surface area contributed by atoms with Crippen molar-refractivity contribution in [1.29, 1.82) is 5.26 Å². The second-order valence-corrected chi connectivity index (χ2v) is 5.49. The van der Waals surface area contributed by atoms with E-state index in [9.17, 15) is 10.1 Å². The average Bonchev–Trinajstić information content (AvgIpc) is 2.98. The monoisotopic (exact) mass is 287 g/mol. The molecule has 0 radical (unpaired) electrons. The molecule has 1 amide bonds. The quantitative estimate of drug-likeness (QED) is 0.682. The van der Waals surface area contributed by atoms with Crippen molar-refractivity contribution < 1.29 is 9.21 Å². The molecule has 1 fully saturated rings. The molecule has 112 valence electrons. The summed E-state index contributed by atoms with van der Waals surface area (Å²) in [5.41, 5.74) is 0.141. The molecule has 0 aromatic carbocycles. The highest BCUT2D eigenvalue weighted by Crippen LogP contribution is 2.23. The predicted molar refractivity (Wildman–Crippen MR) is 78.9 cm³/mol. The minimum Gasteiger partial charge on any atom is -0.467 e. The standard InChI is InChI=1S/C16H21N3O2/c1-12-5-3-6-13(2)19(12)11-14(9-17)16(20)18-10-15-7-4-8-21-15/h4,7-8,11-13H,3,5-6,10H2,1-2H3,(H,18,20)/b14-11-. The maximum absolute atomic E-state index is 12.1. The molecule has 1 N–H and O–H groups in total. The van der Waals surface area contributed by atoms with E-state index in [1.54, 1.807) is 24.6 Å². The van der Waals surface area contributed by atoms with Gasteiger partial charge in [0.2, 0.25) is 0 Å². The minimum atomic E-state index is -0.362. The number of nitrogens with zero attached hydrogens (tertiary/aromatic N) is 2. The Bertz CT molecular complexity index is 532. The van der Waals surface area contributed by atoms with Crippen LogP contribution in [0, 0.1) is 11.3 Å². The first-order valence-corrected chi connectivity index (χ1v) is 7.31. The normalized spacial score (nSPS) is 22.7. The van der Waals surface area contributed by atoms with Crippen LogP contribution in [0.3, 0.4) is 0 Å². The predicted octanol–water partition coefficient (Wildman–Crippen LogP) is 2.57. The van der Waals surface area contributed by atoms with E-state index in [2.05, 4.69) is 24.1 Å². The second kappa shape index (κ2) is 6.98. The average molecular weight is 287 g/mol. The Balaban J connectivity index is 2.02. The molecule has 0 bridgehead atoms. The number of carbonyl (C=O) groups is 1. The second-order valence-electron chi connectivity index (χ2n) is 5.49. The Morgan fingerprint density at radius 3 is 2.81 bits per heavy atom. The summed E-state index contributed by atoms with van der Waals surface area (Å²) in [4.78, 5) is 14.2. The highest BCUT2D eigenvalue weighted by atomic mass is 16.3. The lowest BCUT2D eigenvalue weighted by atomic mass is 9.98. The first kappa shape index (κ1) is 15.2. The van der Waals surface area contributed by atoms with Crippen molar-refractivity contribution in [3.63, 3.8) is 0 Å². The van der Waals surface area contributed by atoms with E-state index in [4.69, 9.17) is 4.42 Å². The van der Waals surface area contributed by atoms with Crippen molar-refractivity contribution in [2.45, 2.75) is 51.7 Å². The molecule has 5 heteroatoms. The minimum absolute atomic E-state index is 0.141. The van der Waals surface area contributed by atoms with Gasteiger partial charge in [-0.3, -0.25) is 4.79 Å². The summed E-state index contributed by atoms with van der Waals surface area (Å²) in [6.07, 6.45) is 6.63. The lowest BCUT2D eigenvalue weighted by molar-refractivity contribution is -0.117. The van der Waals surface area contributed by atoms with Crippen molar-refractivity contribution >= 4 is 5.91 Å². The molecule has 2 atom stereocenters. The third-order valence-corrected chi connectivity index (χ3v) is 3.91. The smallest absolute Gasteiger partial charge is 0.263 e. The zero-order valence-corrected chi connectivity index (χ0v) is 12.5. The molecule has 1 saturated heterocycles. The SMILES string of the molecule is CC1CCCC(C)N1/C=C(/C#N)C(=O)NCc1ccco1. The Labute approximate surface area is 125 Å². The number of carbonyl (C=O) groups excluding carboxylic acids is 1. The van der Waals surface area contributed by atoms with Crippen LogP contribution < -0.4 is 5.32 Å². The summed E-state index contributed by atoms with van der Waals surface area (Å²) in [5, 5.41) is 11.9. The molecule has 1 aliphatic rings. The van der Waals surface area contributed by atoms with E-state index in [-0.39, 0.29) is 18.0 Å². The van der Waals surface area contributed by atoms with E-state index < -0.39 is 0 Å². The van der Waals surface area contributed by atoms with Crippen LogP contribution in [-0.4, -0.2) is 22.9 Å². The number of nitriles is 1. The van der Waals surface area contributed by atoms with Gasteiger partial charge >= 0.3 is 0 Å². The molecule has 2 rings (SSSR count). The topological polar surface area (TPSA) is 69.3 Å². The molecule has 1 aromatic rings. The van der Waals surface area contributed by atoms with Gasteiger partial charge in [-0.05, 0) is 45.2 Å². The molecular formula is C16H21N3O2. The fraction of sp³-hybridized carbons (Fsp3) is 0.500. The van der Waals surface area contributed by atoms with Crippen LogP contribution >= 0.6 is 0 Å². The van der Waals surface area contributed by atoms with E-state index in [1.165, 1.54) is 6.42 Å². The summed E-state index contributed by atoms with van der Waals surface area (Å²) in [7, 11) is 0. The van der Waals surface area contributed by atoms with Crippen molar-refractivity contribution in [2.24, 2.45) is 0 Å². The maximum atomic E-state index is 12.1. The highest BCUT2D eigenvalue weighted by Gasteiger charge is 2.23. The molecule has 2 unspecified atom stereocenters. The van der Waals surface area contributed by atoms with Gasteiger partial charge in [-0.25, -0.2) is 0 Å². The van der Waals surface area contributed by atoms with E-state index in [0.29, 0.717) is 17.8 Å². The Kier molecular flexibility index (Phi) is 5.04. The third kappa shape index (κ3) is 3.88. The van der Waals surface area contributed by atoms with Crippen molar-refractivity contribution in [3.8, 4) is 6.07 Å². The van der Waals surface area contributed by atoms with E-state index in [1.807, 2.05) is 6.07 Å². The van der Waals surface area contributed by atoms with E-state index >= 15 is 0 Å². The summed E-state index contributed by atoms with van der Waals surface area (Å²) >= 11 is 0. The highest BCUT2D eigenvalue weighted by molar-refractivity contribution is 5.97. The van der Waals surface area contributed by atoms with Crippen molar-refractivity contribution in [2.75, 3.05) is 0 Å². The molecule has 0 aliphatic carbocycles. The Morgan fingerprint density at radius 1 is 1.52 bits per heavy atom. The number of nitrogens with one attached hydrogen (secondary N) is 1. The van der Waals surface area contributed by atoms with Gasteiger partial charge in [-0.2, -0.15) is 5.26 Å². The third-order valence-electron chi connectivity index (χ3n) is 3.91. The van der Waals surface area contributed by atoms with Crippen LogP contribution in [0.4, 0.5) is 0 Å². The van der Waals surface area contributed by atoms with Crippen LogP contribution in [-0.2, 0) is 11.3 Å². The van der Waals surface area contributed by atoms with Gasteiger partial charge in [0.05, 0.1) is 12.8 Å². The summed E-state index contributed by atoms with van der Waals surface area (Å²) in [6.45, 7) is 4.54. The van der Waals surface area contributed by atoms with Crippen LogP contribution in [0.2, 0.25) is 0 Å². The number of rotatable bonds is 4. The Morgan fingerprint density at radius 2 is 2.24 bits per heavy atom. The largest absolute Gasteiger partial charge is 0.467 e. The lowest BCUT2D eigenvalue weighted by Crippen LogP contribution is -2.40. The fourth-order valence-corrected chi connectivity index (χ4v) is 2.66. The van der Waals surface area contributed by atoms with E-state index in [0.717, 1.165) is 12.8 Å². The number of piperidine rings is 1. The summed E-state index contributed by atoms with van der Waals surface area (Å²) in [6, 6.07) is 6.26. The molecule has 5 nitrogen and oxygen atoms in total. The van der Waals surface area contributed by atoms with Crippen molar-refractivity contribution in [3.05, 3.63) is 35.9 Å². The van der Waals surface area contributed by atoms with Gasteiger partial charge in [0.25, 0.3) is 5.91 Å². The zero-order chi connectivity index (χ0) is 15.2. The van der Waals surface area contributed by atoms with Gasteiger partial charge in [-0.15, -0.1) is 0 Å². The van der Waals surface area contributed by atoms with Crippen LogP contribution in [0.15, 0.2) is 34.6 Å². The number of hydrogen-bond donors (Lipinski definition) is 1. The van der Waals surface area contributed by atoms with Crippen LogP contribution in [0.25, 0.3) is 0 Å². The van der Waals surface area contributed by atoms with Gasteiger partial charge in [0.1, 0.15) is 17.4 Å². The molecule has 0 saturated carbocycles. The van der Waals surface area contributed by atoms with Crippen LogP contribution in [0.1, 0.15) is 38.9 Å². The lowest BCUT2D eigenvalue weighted by Gasteiger charge is -2.38. The zero-order valence-electron chi connectivity index (χ0n) is 12.5. The molecule has 1 aromatic heterocycles. The fourth-order valence-electron chi connectivity index (χ4n) is 2.66. The molecule has 0 spiro atoms. The molecule has 1 aliphatic heterocycles. The van der Waals surface area contributed by atoms with Crippen molar-refractivity contribution in [1.82, 2.24) is 10.2 Å². The number of likely N-dealkylation sites (tertiary alicyclic amines) is 1. The van der Waals surface area contributed by atoms with Gasteiger partial charge < -0.3 is 14.6 Å². The first-order valence-electron chi connectivity index (χ1n) is 7.31. The number of amides is 1. The summed E-state index contributed by atoms with van der Waals surface area (Å²) in [5.74, 6) is 0.305. The Hall–Kier alpha value is -2.22. The number of hydrogen-bond acceptors (Lipinski definition) is 4. The molecular weight excluding hydrogens is 266 g/mol. The van der Waals surface area contributed by atoms with Gasteiger partial charge in [-0.1, -0.05) is 0 Å². The molecule has 2 heterocycles. The van der Waals surface area contributed by atoms with Gasteiger partial charge in [0.15, 0.2) is 0 Å². The summed E-state index contributed by atoms with van der Waals surface area (Å²) < 4.78 is 5.15.